The molecular weight excluding hydrogens is 447 g/mol. The molecule has 0 amide bonds. The zero-order valence-corrected chi connectivity index (χ0v) is 20.1. The molecule has 1 aliphatic rings. The van der Waals surface area contributed by atoms with Crippen LogP contribution in [0.2, 0.25) is 0 Å². The van der Waals surface area contributed by atoms with Crippen LogP contribution in [0.15, 0.2) is 43.0 Å². The summed E-state index contributed by atoms with van der Waals surface area (Å²) in [6.45, 7) is 8.48. The van der Waals surface area contributed by atoms with Crippen molar-refractivity contribution < 1.29 is 9.53 Å². The third kappa shape index (κ3) is 5.14. The zero-order valence-electron chi connectivity index (χ0n) is 18.5. The van der Waals surface area contributed by atoms with E-state index >= 15 is 0 Å². The van der Waals surface area contributed by atoms with Crippen LogP contribution in [0.25, 0.3) is 11.0 Å². The molecule has 1 aromatic heterocycles. The highest BCUT2D eigenvalue weighted by molar-refractivity contribution is 5.85. The lowest BCUT2D eigenvalue weighted by molar-refractivity contribution is -0.140. The highest BCUT2D eigenvalue weighted by Crippen LogP contribution is 2.35. The van der Waals surface area contributed by atoms with Crippen LogP contribution in [0, 0.1) is 6.92 Å². The van der Waals surface area contributed by atoms with E-state index in [0.29, 0.717) is 6.42 Å². The number of nitrogens with one attached hydrogen (secondary N) is 1. The Kier molecular flexibility index (Phi) is 9.25. The number of nitrogens with zero attached hydrogens (tertiary/aromatic N) is 3. The molecular formula is C24H30Cl2N4O2. The molecule has 0 radical (unpaired) electrons. The second-order valence-electron chi connectivity index (χ2n) is 7.83. The molecule has 1 atom stereocenters. The van der Waals surface area contributed by atoms with Crippen LogP contribution in [0.3, 0.4) is 0 Å². The summed E-state index contributed by atoms with van der Waals surface area (Å²) in [5.74, 6) is -0.308. The molecule has 8 heteroatoms. The number of aryl methyl sites for hydroxylation is 2. The molecule has 0 saturated heterocycles. The molecule has 0 spiro atoms. The van der Waals surface area contributed by atoms with Crippen LogP contribution < -0.4 is 5.32 Å². The van der Waals surface area contributed by atoms with Gasteiger partial charge in [-0.05, 0) is 60.2 Å². The highest BCUT2D eigenvalue weighted by atomic mass is 35.5. The second-order valence-corrected chi connectivity index (χ2v) is 7.83. The second kappa shape index (κ2) is 11.5. The minimum absolute atomic E-state index is 0. The maximum Gasteiger partial charge on any atom is 0.306 e. The number of carbonyl (C=O) groups excluding carboxylic acids is 1. The van der Waals surface area contributed by atoms with Crippen molar-refractivity contribution in [2.45, 2.75) is 45.2 Å². The van der Waals surface area contributed by atoms with Crippen molar-refractivity contribution >= 4 is 41.8 Å². The van der Waals surface area contributed by atoms with E-state index in [2.05, 4.69) is 59.5 Å². The summed E-state index contributed by atoms with van der Waals surface area (Å²) < 4.78 is 6.93. The molecule has 4 rings (SSSR count). The minimum atomic E-state index is -0.218. The fraction of sp³-hybridized carbons (Fsp3) is 0.375. The summed E-state index contributed by atoms with van der Waals surface area (Å²) in [4.78, 5) is 12.3. The summed E-state index contributed by atoms with van der Waals surface area (Å²) in [6, 6.07) is 10.8. The van der Waals surface area contributed by atoms with Gasteiger partial charge in [-0.25, -0.2) is 4.68 Å². The summed E-state index contributed by atoms with van der Waals surface area (Å²) in [7, 11) is 1.44. The molecule has 3 aromatic rings. The van der Waals surface area contributed by atoms with E-state index in [9.17, 15) is 4.79 Å². The van der Waals surface area contributed by atoms with E-state index in [1.54, 1.807) is 0 Å². The molecule has 1 unspecified atom stereocenters. The topological polar surface area (TPSA) is 69.0 Å². The average Bonchev–Trinajstić information content (AvgIpc) is 3.20. The molecule has 1 N–H and O–H groups in total. The maximum atomic E-state index is 12.3. The fourth-order valence-electron chi connectivity index (χ4n) is 4.31. The number of ether oxygens (including phenoxy) is 1. The zero-order chi connectivity index (χ0) is 21.1. The number of allylic oxidation sites excluding steroid dienone is 1. The fourth-order valence-corrected chi connectivity index (χ4v) is 4.31. The highest BCUT2D eigenvalue weighted by Gasteiger charge is 2.24. The minimum Gasteiger partial charge on any atom is -0.469 e. The van der Waals surface area contributed by atoms with E-state index in [0.717, 1.165) is 60.2 Å². The summed E-state index contributed by atoms with van der Waals surface area (Å²) in [6.07, 6.45) is 4.05. The van der Waals surface area contributed by atoms with Gasteiger partial charge in [0.05, 0.1) is 19.0 Å². The standard InChI is InChI=1S/C24H28N4O2.2ClH/c1-4-5-12-28-22-9-8-20(16(2)24(22)26-27-28)21(14-23(29)30-3)18-7-6-17-10-11-25-15-19(17)13-18;;/h4,6-9,13,21,25H,1,5,10-12,14-15H2,2-3H3;2*1H. The Morgan fingerprint density at radius 3 is 2.84 bits per heavy atom. The molecule has 2 heterocycles. The first-order valence-corrected chi connectivity index (χ1v) is 10.4. The average molecular weight is 477 g/mol. The van der Waals surface area contributed by atoms with Crippen LogP contribution in [-0.4, -0.2) is 34.6 Å². The summed E-state index contributed by atoms with van der Waals surface area (Å²) >= 11 is 0. The number of rotatable bonds is 7. The number of fused-ring (bicyclic) bond motifs is 2. The van der Waals surface area contributed by atoms with Crippen molar-refractivity contribution in [3.8, 4) is 0 Å². The monoisotopic (exact) mass is 476 g/mol. The van der Waals surface area contributed by atoms with Gasteiger partial charge in [0.25, 0.3) is 0 Å². The predicted octanol–water partition coefficient (Wildman–Crippen LogP) is 4.50. The SMILES string of the molecule is C=CCCn1nnc2c(C)c(C(CC(=O)OC)c3ccc4c(c3)CNCC4)ccc21.Cl.Cl. The Bertz CT molecular complexity index is 1100. The van der Waals surface area contributed by atoms with Gasteiger partial charge >= 0.3 is 5.97 Å². The number of benzene rings is 2. The smallest absolute Gasteiger partial charge is 0.306 e. The van der Waals surface area contributed by atoms with E-state index in [4.69, 9.17) is 4.74 Å². The van der Waals surface area contributed by atoms with Crippen LogP contribution in [0.5, 0.6) is 0 Å². The van der Waals surface area contributed by atoms with Crippen LogP contribution >= 0.6 is 24.8 Å². The molecule has 0 bridgehead atoms. The first-order valence-electron chi connectivity index (χ1n) is 10.4. The number of halogens is 2. The molecule has 2 aromatic carbocycles. The molecule has 6 nitrogen and oxygen atoms in total. The van der Waals surface area contributed by atoms with E-state index in [1.807, 2.05) is 10.8 Å². The third-order valence-electron chi connectivity index (χ3n) is 6.02. The number of carbonyl (C=O) groups is 1. The Hall–Kier alpha value is -2.41. The molecule has 0 aliphatic carbocycles. The van der Waals surface area contributed by atoms with Gasteiger partial charge in [-0.3, -0.25) is 4.79 Å². The Morgan fingerprint density at radius 1 is 1.28 bits per heavy atom. The lowest BCUT2D eigenvalue weighted by atomic mass is 9.83. The molecule has 0 fully saturated rings. The van der Waals surface area contributed by atoms with E-state index in [-0.39, 0.29) is 36.7 Å². The van der Waals surface area contributed by atoms with Crippen molar-refractivity contribution in [3.63, 3.8) is 0 Å². The summed E-state index contributed by atoms with van der Waals surface area (Å²) in [5, 5.41) is 12.2. The largest absolute Gasteiger partial charge is 0.469 e. The van der Waals surface area contributed by atoms with Crippen molar-refractivity contribution in [3.05, 3.63) is 70.8 Å². The van der Waals surface area contributed by atoms with Crippen LogP contribution in [0.1, 0.15) is 46.6 Å². The molecule has 0 saturated carbocycles. The van der Waals surface area contributed by atoms with Crippen molar-refractivity contribution in [2.75, 3.05) is 13.7 Å². The Labute approximate surface area is 201 Å². The number of hydrogen-bond acceptors (Lipinski definition) is 5. The number of methoxy groups -OCH3 is 1. The summed E-state index contributed by atoms with van der Waals surface area (Å²) in [5.41, 5.74) is 7.85. The quantitative estimate of drug-likeness (QED) is 0.401. The number of esters is 1. The van der Waals surface area contributed by atoms with Crippen molar-refractivity contribution in [1.82, 2.24) is 20.3 Å². The predicted molar refractivity (Wildman–Crippen MR) is 132 cm³/mol. The van der Waals surface area contributed by atoms with Crippen molar-refractivity contribution in [1.29, 1.82) is 0 Å². The van der Waals surface area contributed by atoms with Gasteiger partial charge in [-0.2, -0.15) is 0 Å². The Balaban J connectivity index is 0.00000181. The third-order valence-corrected chi connectivity index (χ3v) is 6.02. The van der Waals surface area contributed by atoms with Gasteiger partial charge in [0.2, 0.25) is 0 Å². The lowest BCUT2D eigenvalue weighted by Gasteiger charge is -2.23. The van der Waals surface area contributed by atoms with E-state index < -0.39 is 0 Å². The maximum absolute atomic E-state index is 12.3. The van der Waals surface area contributed by atoms with Gasteiger partial charge in [0.1, 0.15) is 5.52 Å². The lowest BCUT2D eigenvalue weighted by Crippen LogP contribution is -2.24. The van der Waals surface area contributed by atoms with Gasteiger partial charge in [-0.15, -0.1) is 36.5 Å². The molecule has 1 aliphatic heterocycles. The van der Waals surface area contributed by atoms with Gasteiger partial charge in [0.15, 0.2) is 0 Å². The van der Waals surface area contributed by atoms with E-state index in [1.165, 1.54) is 18.2 Å². The number of hydrogen-bond donors (Lipinski definition) is 1. The van der Waals surface area contributed by atoms with Crippen molar-refractivity contribution in [2.24, 2.45) is 0 Å². The first kappa shape index (κ1) is 25.8. The van der Waals surface area contributed by atoms with Gasteiger partial charge in [0, 0.05) is 19.0 Å². The van der Waals surface area contributed by atoms with Crippen LogP contribution in [0.4, 0.5) is 0 Å². The number of aromatic nitrogens is 3. The van der Waals surface area contributed by atoms with Gasteiger partial charge in [-0.1, -0.05) is 35.6 Å². The normalized spacial score (nSPS) is 13.4. The molecule has 172 valence electrons. The van der Waals surface area contributed by atoms with Crippen LogP contribution in [-0.2, 0) is 29.0 Å². The Morgan fingerprint density at radius 2 is 2.09 bits per heavy atom. The van der Waals surface area contributed by atoms with Gasteiger partial charge < -0.3 is 10.1 Å². The molecule has 32 heavy (non-hydrogen) atoms. The first-order chi connectivity index (χ1) is 14.6.